The molecule has 51 heavy (non-hydrogen) atoms. The van der Waals surface area contributed by atoms with Gasteiger partial charge in [-0.15, -0.1) is 0 Å². The van der Waals surface area contributed by atoms with Crippen LogP contribution in [0, 0.1) is 0 Å². The molecule has 0 spiro atoms. The lowest BCUT2D eigenvalue weighted by atomic mass is 9.89. The van der Waals surface area contributed by atoms with Gasteiger partial charge in [0.05, 0.1) is 7.88 Å². The van der Waals surface area contributed by atoms with Gasteiger partial charge >= 0.3 is 0 Å². The Morgan fingerprint density at radius 1 is 0.353 bits per heavy atom. The number of benzene rings is 3. The van der Waals surface area contributed by atoms with Crippen molar-refractivity contribution < 1.29 is 0 Å². The first-order valence-corrected chi connectivity index (χ1v) is 25.0. The monoisotopic (exact) mass is 808 g/mol. The molecule has 0 aliphatic carbocycles. The van der Waals surface area contributed by atoms with E-state index < -0.39 is 7.88 Å². The summed E-state index contributed by atoms with van der Waals surface area (Å²) in [6, 6.07) is 17.0. The van der Waals surface area contributed by atoms with E-state index in [1.807, 2.05) is 21.6 Å². The SMILES string of the molecule is CC(C)c1cc(C(C)C)c(SSc2c(C(C)C)cc(C(C)C)cc2C(C)C)c(C(C)C)c1.CC(C)c1cc(C(C)C)cc(C(C)C)c1.S=S(Cl)Cl. The van der Waals surface area contributed by atoms with Gasteiger partial charge in [-0.05, 0) is 136 Å². The number of halogens is 2. The van der Waals surface area contributed by atoms with Crippen LogP contribution in [0.3, 0.4) is 0 Å². The minimum absolute atomic E-state index is 0.520. The maximum Gasteiger partial charge on any atom is 0.0639 e. The molecular weight excluding hydrogens is 740 g/mol. The highest BCUT2D eigenvalue weighted by molar-refractivity contribution is 8.76. The average Bonchev–Trinajstić information content (AvgIpc) is 3.02. The van der Waals surface area contributed by atoms with Crippen LogP contribution >= 0.6 is 43.0 Å². The van der Waals surface area contributed by atoms with E-state index in [0.29, 0.717) is 53.3 Å². The first-order valence-electron chi connectivity index (χ1n) is 19.1. The number of rotatable bonds is 12. The van der Waals surface area contributed by atoms with Gasteiger partial charge in [0.15, 0.2) is 0 Å². The molecule has 0 atom stereocenters. The Bertz CT molecular complexity index is 1330. The van der Waals surface area contributed by atoms with E-state index in [-0.39, 0.29) is 0 Å². The van der Waals surface area contributed by atoms with Crippen LogP contribution in [0.5, 0.6) is 0 Å². The quantitative estimate of drug-likeness (QED) is 0.132. The van der Waals surface area contributed by atoms with Crippen LogP contribution in [-0.2, 0) is 19.1 Å². The summed E-state index contributed by atoms with van der Waals surface area (Å²) in [5, 5.41) is 0. The molecule has 0 amide bonds. The van der Waals surface area contributed by atoms with E-state index in [4.69, 9.17) is 21.4 Å². The molecule has 6 heteroatoms. The predicted octanol–water partition coefficient (Wildman–Crippen LogP) is 17.7. The molecular formula is C45H70Cl2S4. The fourth-order valence-electron chi connectivity index (χ4n) is 5.76. The molecule has 3 aromatic rings. The topological polar surface area (TPSA) is 0 Å². The third-order valence-corrected chi connectivity index (χ3v) is 12.0. The van der Waals surface area contributed by atoms with Gasteiger partial charge in [0.25, 0.3) is 0 Å². The normalized spacial score (nSPS) is 12.0. The van der Waals surface area contributed by atoms with Crippen molar-refractivity contribution in [2.24, 2.45) is 0 Å². The average molecular weight is 810 g/mol. The van der Waals surface area contributed by atoms with Crippen molar-refractivity contribution in [3.63, 3.8) is 0 Å². The highest BCUT2D eigenvalue weighted by Crippen LogP contribution is 2.50. The largest absolute Gasteiger partial charge is 0.0639 e. The summed E-state index contributed by atoms with van der Waals surface area (Å²) in [7, 11) is 12.9. The van der Waals surface area contributed by atoms with Crippen LogP contribution in [0.15, 0.2) is 52.3 Å². The van der Waals surface area contributed by atoms with Crippen molar-refractivity contribution in [3.8, 4) is 0 Å². The van der Waals surface area contributed by atoms with Gasteiger partial charge < -0.3 is 0 Å². The van der Waals surface area contributed by atoms with Crippen molar-refractivity contribution in [1.82, 2.24) is 0 Å². The number of hydrogen-bond acceptors (Lipinski definition) is 3. The molecule has 0 heterocycles. The van der Waals surface area contributed by atoms with Crippen molar-refractivity contribution in [3.05, 3.63) is 92.5 Å². The van der Waals surface area contributed by atoms with Crippen LogP contribution in [0.25, 0.3) is 0 Å². The molecule has 0 fully saturated rings. The van der Waals surface area contributed by atoms with Crippen LogP contribution in [0.1, 0.15) is 228 Å². The van der Waals surface area contributed by atoms with Crippen LogP contribution in [0.4, 0.5) is 0 Å². The van der Waals surface area contributed by atoms with Gasteiger partial charge in [0.2, 0.25) is 0 Å². The fraction of sp³-hybridized carbons (Fsp3) is 0.600. The summed E-state index contributed by atoms with van der Waals surface area (Å²) in [6.07, 6.45) is 0. The Kier molecular flexibility index (Phi) is 21.7. The lowest BCUT2D eigenvalue weighted by molar-refractivity contribution is 0.771. The smallest absolute Gasteiger partial charge is 0.0587 e. The lowest BCUT2D eigenvalue weighted by Gasteiger charge is -2.25. The molecule has 3 aromatic carbocycles. The Balaban J connectivity index is 0.000000565. The number of hydrogen-bond donors (Lipinski definition) is 0. The minimum atomic E-state index is -0.833. The highest BCUT2D eigenvalue weighted by Gasteiger charge is 2.22. The summed E-state index contributed by atoms with van der Waals surface area (Å²) in [4.78, 5) is 2.98. The summed E-state index contributed by atoms with van der Waals surface area (Å²) in [6.45, 7) is 41.6. The second kappa shape index (κ2) is 22.8. The zero-order valence-electron chi connectivity index (χ0n) is 35.1. The van der Waals surface area contributed by atoms with E-state index in [1.165, 1.54) is 59.9 Å². The Hall–Kier alpha value is -0.490. The fourth-order valence-corrected chi connectivity index (χ4v) is 9.14. The zero-order valence-corrected chi connectivity index (χ0v) is 39.9. The van der Waals surface area contributed by atoms with Gasteiger partial charge in [-0.25, -0.2) is 0 Å². The summed E-state index contributed by atoms with van der Waals surface area (Å²) in [5.41, 5.74) is 13.4. The van der Waals surface area contributed by atoms with Crippen LogP contribution in [0.2, 0.25) is 0 Å². The van der Waals surface area contributed by atoms with Gasteiger partial charge in [0.1, 0.15) is 0 Å². The molecule has 0 nitrogen and oxygen atoms in total. The van der Waals surface area contributed by atoms with E-state index >= 15 is 0 Å². The molecule has 0 saturated heterocycles. The van der Waals surface area contributed by atoms with Gasteiger partial charge in [0, 0.05) is 9.79 Å². The van der Waals surface area contributed by atoms with E-state index in [0.717, 1.165) is 0 Å². The first-order chi connectivity index (χ1) is 23.5. The van der Waals surface area contributed by atoms with E-state index in [9.17, 15) is 0 Å². The molecule has 0 radical (unpaired) electrons. The molecule has 0 N–H and O–H groups in total. The third kappa shape index (κ3) is 15.6. The van der Waals surface area contributed by atoms with Crippen molar-refractivity contribution in [2.45, 2.75) is 188 Å². The van der Waals surface area contributed by atoms with Gasteiger partial charge in [-0.1, -0.05) is 189 Å². The van der Waals surface area contributed by atoms with Gasteiger partial charge in [-0.3, -0.25) is 0 Å². The molecule has 0 aromatic heterocycles. The highest BCUT2D eigenvalue weighted by atomic mass is 36.0. The Morgan fingerprint density at radius 3 is 0.647 bits per heavy atom. The second-order valence-corrected chi connectivity index (χ2v) is 23.7. The molecule has 0 aliphatic heterocycles. The molecule has 288 valence electrons. The summed E-state index contributed by atoms with van der Waals surface area (Å²) in [5.74, 6) is 5.07. The summed E-state index contributed by atoms with van der Waals surface area (Å²) >= 11 is 4.18. The third-order valence-electron chi connectivity index (χ3n) is 9.37. The van der Waals surface area contributed by atoms with Crippen molar-refractivity contribution in [2.75, 3.05) is 0 Å². The maximum absolute atomic E-state index is 4.88. The Morgan fingerprint density at radius 2 is 0.510 bits per heavy atom. The minimum Gasteiger partial charge on any atom is -0.0587 e. The molecule has 0 aliphatic rings. The van der Waals surface area contributed by atoms with Crippen molar-refractivity contribution >= 4 is 62.0 Å². The van der Waals surface area contributed by atoms with Crippen LogP contribution < -0.4 is 0 Å². The predicted molar refractivity (Wildman–Crippen MR) is 244 cm³/mol. The van der Waals surface area contributed by atoms with E-state index in [2.05, 4.69) is 178 Å². The summed E-state index contributed by atoms with van der Waals surface area (Å²) < 4.78 is 0. The molecule has 0 saturated carbocycles. The maximum atomic E-state index is 4.88. The Labute approximate surface area is 339 Å². The van der Waals surface area contributed by atoms with Crippen LogP contribution in [-0.4, -0.2) is 0 Å². The first kappa shape index (κ1) is 48.5. The molecule has 0 unspecified atom stereocenters. The standard InChI is InChI=1S/C30H46S2.C15H24.Cl2S2/c1-17(2)23-13-25(19(5)6)29(26(14-23)20(7)8)31-32-30-27(21(9)10)15-24(18(3)4)16-28(30)22(11)12;1-10(2)13-7-14(11(3)4)9-15(8-13)12(5)6;1-4(2)3/h13-22H,1-12H3;7-12H,1-6H3;. The second-order valence-electron chi connectivity index (χ2n) is 16.7. The zero-order chi connectivity index (χ0) is 39.5. The molecule has 3 rings (SSSR count). The lowest BCUT2D eigenvalue weighted by Crippen LogP contribution is -2.03. The molecule has 0 bridgehead atoms. The van der Waals surface area contributed by atoms with E-state index in [1.54, 1.807) is 0 Å². The van der Waals surface area contributed by atoms with Crippen molar-refractivity contribution in [1.29, 1.82) is 0 Å². The van der Waals surface area contributed by atoms with Gasteiger partial charge in [-0.2, -0.15) is 0 Å².